The van der Waals surface area contributed by atoms with Crippen molar-refractivity contribution in [3.8, 4) is 0 Å². The quantitative estimate of drug-likeness (QED) is 0.710. The first-order valence-corrected chi connectivity index (χ1v) is 5.83. The number of rotatable bonds is 3. The first-order chi connectivity index (χ1) is 7.20. The minimum atomic E-state index is -0.274. The summed E-state index contributed by atoms with van der Waals surface area (Å²) < 4.78 is 11.2. The van der Waals surface area contributed by atoms with Crippen LogP contribution in [0.2, 0.25) is 0 Å². The van der Waals surface area contributed by atoms with Crippen LogP contribution in [-0.4, -0.2) is 49.2 Å². The minimum Gasteiger partial charge on any atom is -0.392 e. The Hall–Kier alpha value is -0.160. The van der Waals surface area contributed by atoms with Gasteiger partial charge in [0.05, 0.1) is 18.3 Å². The van der Waals surface area contributed by atoms with Gasteiger partial charge in [-0.3, -0.25) is 0 Å². The van der Waals surface area contributed by atoms with Gasteiger partial charge in [0.25, 0.3) is 0 Å². The fraction of sp³-hybridized carbons (Fsp3) is 1.00. The highest BCUT2D eigenvalue weighted by atomic mass is 16.6. The van der Waals surface area contributed by atoms with Crippen LogP contribution in [0, 0.1) is 0 Å². The van der Waals surface area contributed by atoms with Crippen LogP contribution in [-0.2, 0) is 9.47 Å². The monoisotopic (exact) mass is 215 g/mol. The highest BCUT2D eigenvalue weighted by molar-refractivity contribution is 4.92. The van der Waals surface area contributed by atoms with Gasteiger partial charge in [-0.15, -0.1) is 0 Å². The molecule has 0 radical (unpaired) electrons. The first-order valence-electron chi connectivity index (χ1n) is 5.83. The third kappa shape index (κ3) is 2.91. The molecule has 88 valence electrons. The van der Waals surface area contributed by atoms with Crippen LogP contribution in [0.5, 0.6) is 0 Å². The average Bonchev–Trinajstić information content (AvgIpc) is 2.63. The zero-order chi connectivity index (χ0) is 10.7. The summed E-state index contributed by atoms with van der Waals surface area (Å²) in [6.45, 7) is 4.84. The van der Waals surface area contributed by atoms with Crippen LogP contribution in [0.4, 0.5) is 0 Å². The molecule has 0 amide bonds. The predicted molar refractivity (Wildman–Crippen MR) is 56.8 cm³/mol. The molecule has 2 saturated heterocycles. The molecule has 2 aliphatic rings. The summed E-state index contributed by atoms with van der Waals surface area (Å²) in [6.07, 6.45) is 2.79. The van der Waals surface area contributed by atoms with Crippen molar-refractivity contribution >= 4 is 0 Å². The SMILES string of the molecule is CC(O)CNC1CCOC2(CCOC2)C1. The number of aliphatic hydroxyl groups excluding tert-OH is 1. The zero-order valence-corrected chi connectivity index (χ0v) is 9.37. The molecule has 4 heteroatoms. The van der Waals surface area contributed by atoms with E-state index in [4.69, 9.17) is 9.47 Å². The van der Waals surface area contributed by atoms with E-state index in [2.05, 4.69) is 5.32 Å². The van der Waals surface area contributed by atoms with Crippen LogP contribution in [0.25, 0.3) is 0 Å². The molecule has 0 bridgehead atoms. The van der Waals surface area contributed by atoms with Gasteiger partial charge >= 0.3 is 0 Å². The van der Waals surface area contributed by atoms with Crippen LogP contribution >= 0.6 is 0 Å². The predicted octanol–water partition coefficient (Wildman–Crippen LogP) is 0.295. The van der Waals surface area contributed by atoms with Gasteiger partial charge in [-0.1, -0.05) is 0 Å². The topological polar surface area (TPSA) is 50.7 Å². The molecular formula is C11H21NO3. The second-order valence-electron chi connectivity index (χ2n) is 4.78. The number of aliphatic hydroxyl groups is 1. The molecule has 0 aromatic heterocycles. The Morgan fingerprint density at radius 2 is 2.40 bits per heavy atom. The molecule has 0 aromatic rings. The summed E-state index contributed by atoms with van der Waals surface area (Å²) in [4.78, 5) is 0. The normalized spacial score (nSPS) is 38.4. The lowest BCUT2D eigenvalue weighted by atomic mass is 9.89. The average molecular weight is 215 g/mol. The molecule has 2 aliphatic heterocycles. The minimum absolute atomic E-state index is 0.0331. The molecular weight excluding hydrogens is 194 g/mol. The molecule has 2 N–H and O–H groups in total. The highest BCUT2D eigenvalue weighted by Crippen LogP contribution is 2.32. The Morgan fingerprint density at radius 1 is 1.53 bits per heavy atom. The molecule has 1 spiro atoms. The van der Waals surface area contributed by atoms with E-state index in [-0.39, 0.29) is 11.7 Å². The molecule has 4 nitrogen and oxygen atoms in total. The van der Waals surface area contributed by atoms with Crippen molar-refractivity contribution < 1.29 is 14.6 Å². The number of nitrogens with one attached hydrogen (secondary N) is 1. The third-order valence-electron chi connectivity index (χ3n) is 3.26. The standard InChI is InChI=1S/C11H21NO3/c1-9(13)7-12-10-2-4-15-11(6-10)3-5-14-8-11/h9-10,12-13H,2-8H2,1H3. The molecule has 15 heavy (non-hydrogen) atoms. The van der Waals surface area contributed by atoms with Crippen molar-refractivity contribution in [2.75, 3.05) is 26.4 Å². The number of hydrogen-bond donors (Lipinski definition) is 2. The van der Waals surface area contributed by atoms with Gasteiger partial charge in [0.1, 0.15) is 0 Å². The van der Waals surface area contributed by atoms with E-state index >= 15 is 0 Å². The van der Waals surface area contributed by atoms with E-state index in [9.17, 15) is 5.11 Å². The largest absolute Gasteiger partial charge is 0.392 e. The van der Waals surface area contributed by atoms with Crippen LogP contribution < -0.4 is 5.32 Å². The molecule has 0 aliphatic carbocycles. The smallest absolute Gasteiger partial charge is 0.0951 e. The van der Waals surface area contributed by atoms with Gasteiger partial charge in [-0.05, 0) is 19.8 Å². The summed E-state index contributed by atoms with van der Waals surface area (Å²) >= 11 is 0. The molecule has 0 aromatic carbocycles. The summed E-state index contributed by atoms with van der Waals surface area (Å²) in [7, 11) is 0. The molecule has 3 unspecified atom stereocenters. The van der Waals surface area contributed by atoms with Crippen molar-refractivity contribution in [1.82, 2.24) is 5.32 Å². The van der Waals surface area contributed by atoms with Crippen LogP contribution in [0.1, 0.15) is 26.2 Å². The Labute approximate surface area is 90.9 Å². The third-order valence-corrected chi connectivity index (χ3v) is 3.26. The van der Waals surface area contributed by atoms with Gasteiger partial charge in [0.15, 0.2) is 0 Å². The summed E-state index contributed by atoms with van der Waals surface area (Å²) in [6, 6.07) is 0.468. The first kappa shape index (κ1) is 11.3. The van der Waals surface area contributed by atoms with Crippen molar-refractivity contribution in [3.05, 3.63) is 0 Å². The van der Waals surface area contributed by atoms with E-state index in [1.54, 1.807) is 6.92 Å². The number of ether oxygens (including phenoxy) is 2. The van der Waals surface area contributed by atoms with Crippen LogP contribution in [0.15, 0.2) is 0 Å². The Morgan fingerprint density at radius 3 is 3.07 bits per heavy atom. The van der Waals surface area contributed by atoms with E-state index in [0.717, 1.165) is 39.1 Å². The second kappa shape index (κ2) is 4.78. The van der Waals surface area contributed by atoms with Crippen LogP contribution in [0.3, 0.4) is 0 Å². The van der Waals surface area contributed by atoms with Gasteiger partial charge in [0, 0.05) is 32.2 Å². The Kier molecular flexibility index (Phi) is 3.61. The molecule has 2 heterocycles. The molecule has 2 rings (SSSR count). The van der Waals surface area contributed by atoms with Crippen molar-refractivity contribution in [3.63, 3.8) is 0 Å². The lowest BCUT2D eigenvalue weighted by Gasteiger charge is -2.37. The van der Waals surface area contributed by atoms with E-state index < -0.39 is 0 Å². The Bertz CT molecular complexity index is 202. The molecule has 3 atom stereocenters. The Balaban J connectivity index is 1.81. The van der Waals surface area contributed by atoms with Gasteiger partial charge in [-0.2, -0.15) is 0 Å². The van der Waals surface area contributed by atoms with Crippen molar-refractivity contribution in [1.29, 1.82) is 0 Å². The van der Waals surface area contributed by atoms with E-state index in [1.807, 2.05) is 0 Å². The number of hydrogen-bond acceptors (Lipinski definition) is 4. The molecule has 2 fully saturated rings. The fourth-order valence-electron chi connectivity index (χ4n) is 2.40. The highest BCUT2D eigenvalue weighted by Gasteiger charge is 2.40. The summed E-state index contributed by atoms with van der Waals surface area (Å²) in [5.74, 6) is 0. The fourth-order valence-corrected chi connectivity index (χ4v) is 2.40. The maximum atomic E-state index is 9.22. The lowest BCUT2D eigenvalue weighted by molar-refractivity contribution is -0.0899. The van der Waals surface area contributed by atoms with Crippen molar-refractivity contribution in [2.24, 2.45) is 0 Å². The maximum absolute atomic E-state index is 9.22. The lowest BCUT2D eigenvalue weighted by Crippen LogP contribution is -2.48. The summed E-state index contributed by atoms with van der Waals surface area (Å²) in [5.41, 5.74) is -0.0331. The summed E-state index contributed by atoms with van der Waals surface area (Å²) in [5, 5.41) is 12.6. The zero-order valence-electron chi connectivity index (χ0n) is 9.37. The van der Waals surface area contributed by atoms with E-state index in [1.165, 1.54) is 0 Å². The second-order valence-corrected chi connectivity index (χ2v) is 4.78. The maximum Gasteiger partial charge on any atom is 0.0951 e. The van der Waals surface area contributed by atoms with E-state index in [0.29, 0.717) is 12.6 Å². The van der Waals surface area contributed by atoms with Gasteiger partial charge in [-0.25, -0.2) is 0 Å². The van der Waals surface area contributed by atoms with Gasteiger partial charge in [0.2, 0.25) is 0 Å². The molecule has 0 saturated carbocycles. The van der Waals surface area contributed by atoms with Gasteiger partial charge < -0.3 is 19.9 Å². The van der Waals surface area contributed by atoms with Crippen molar-refractivity contribution in [2.45, 2.75) is 43.9 Å².